The molecule has 2 nitrogen and oxygen atoms in total. The molecule has 3 rings (SSSR count). The molecule has 0 unspecified atom stereocenters. The van der Waals surface area contributed by atoms with Crippen molar-refractivity contribution < 1.29 is 0 Å². The lowest BCUT2D eigenvalue weighted by molar-refractivity contribution is 0.342. The van der Waals surface area contributed by atoms with E-state index in [1.165, 1.54) is 36.1 Å². The second kappa shape index (κ2) is 3.38. The summed E-state index contributed by atoms with van der Waals surface area (Å²) in [6.45, 7) is 2.36. The number of rotatable bonds is 2. The van der Waals surface area contributed by atoms with Crippen LogP contribution in [0.5, 0.6) is 0 Å². The average molecular weight is 200 g/mol. The third kappa shape index (κ3) is 1.45. The third-order valence-electron chi connectivity index (χ3n) is 3.41. The van der Waals surface area contributed by atoms with Gasteiger partial charge in [0, 0.05) is 18.3 Å². The van der Waals surface area contributed by atoms with E-state index in [1.54, 1.807) is 0 Å². The quantitative estimate of drug-likeness (QED) is 0.784. The van der Waals surface area contributed by atoms with Crippen LogP contribution >= 0.6 is 0 Å². The molecule has 0 bridgehead atoms. The first-order valence-corrected chi connectivity index (χ1v) is 5.58. The van der Waals surface area contributed by atoms with Gasteiger partial charge >= 0.3 is 0 Å². The molecule has 1 fully saturated rings. The van der Waals surface area contributed by atoms with Crippen molar-refractivity contribution in [1.29, 1.82) is 0 Å². The molecule has 0 radical (unpaired) electrons. The van der Waals surface area contributed by atoms with Gasteiger partial charge in [-0.15, -0.1) is 0 Å². The molecule has 0 amide bonds. The number of aromatic nitrogens is 1. The van der Waals surface area contributed by atoms with Crippen LogP contribution in [0, 0.1) is 5.92 Å². The van der Waals surface area contributed by atoms with E-state index in [2.05, 4.69) is 47.3 Å². The lowest BCUT2D eigenvalue weighted by atomic mass is 9.97. The van der Waals surface area contributed by atoms with Crippen molar-refractivity contribution in [3.8, 4) is 0 Å². The molecule has 1 aromatic heterocycles. The number of fused-ring (bicyclic) bond motifs is 1. The molecule has 1 saturated heterocycles. The number of nitrogens with zero attached hydrogens (tertiary/aromatic N) is 1. The SMILES string of the molecule is Cn1c(CC2CNC2)cc2ccccc21. The molecule has 2 aromatic rings. The second-order valence-electron chi connectivity index (χ2n) is 4.48. The molecule has 1 aliphatic rings. The predicted octanol–water partition coefficient (Wildman–Crippen LogP) is 1.94. The highest BCUT2D eigenvalue weighted by Crippen LogP contribution is 2.21. The highest BCUT2D eigenvalue weighted by atomic mass is 15.0. The number of aryl methyl sites for hydroxylation is 1. The van der Waals surface area contributed by atoms with E-state index in [0.29, 0.717) is 0 Å². The molecular formula is C13H16N2. The lowest BCUT2D eigenvalue weighted by Crippen LogP contribution is -2.43. The standard InChI is InChI=1S/C13H16N2/c1-15-12(6-10-8-14-9-10)7-11-4-2-3-5-13(11)15/h2-5,7,10,14H,6,8-9H2,1H3. The summed E-state index contributed by atoms with van der Waals surface area (Å²) < 4.78 is 2.33. The summed E-state index contributed by atoms with van der Waals surface area (Å²) in [4.78, 5) is 0. The van der Waals surface area contributed by atoms with Crippen molar-refractivity contribution >= 4 is 10.9 Å². The van der Waals surface area contributed by atoms with E-state index in [0.717, 1.165) is 5.92 Å². The van der Waals surface area contributed by atoms with Gasteiger partial charge in [-0.05, 0) is 42.9 Å². The van der Waals surface area contributed by atoms with Crippen LogP contribution in [0.4, 0.5) is 0 Å². The van der Waals surface area contributed by atoms with E-state index >= 15 is 0 Å². The van der Waals surface area contributed by atoms with Gasteiger partial charge in [0.25, 0.3) is 0 Å². The zero-order valence-corrected chi connectivity index (χ0v) is 9.03. The van der Waals surface area contributed by atoms with Crippen molar-refractivity contribution in [2.45, 2.75) is 6.42 Å². The van der Waals surface area contributed by atoms with Crippen LogP contribution in [0.25, 0.3) is 10.9 Å². The minimum atomic E-state index is 0.841. The molecule has 0 spiro atoms. The minimum absolute atomic E-state index is 0.841. The number of hydrogen-bond donors (Lipinski definition) is 1. The largest absolute Gasteiger partial charge is 0.348 e. The van der Waals surface area contributed by atoms with Gasteiger partial charge < -0.3 is 9.88 Å². The smallest absolute Gasteiger partial charge is 0.0479 e. The van der Waals surface area contributed by atoms with Crippen LogP contribution in [0.3, 0.4) is 0 Å². The predicted molar refractivity (Wildman–Crippen MR) is 63.0 cm³/mol. The zero-order valence-electron chi connectivity index (χ0n) is 9.03. The Balaban J connectivity index is 1.99. The Morgan fingerprint density at radius 1 is 1.33 bits per heavy atom. The maximum absolute atomic E-state index is 3.33. The second-order valence-corrected chi connectivity index (χ2v) is 4.48. The van der Waals surface area contributed by atoms with E-state index in [9.17, 15) is 0 Å². The Morgan fingerprint density at radius 2 is 2.13 bits per heavy atom. The van der Waals surface area contributed by atoms with E-state index in [1.807, 2.05) is 0 Å². The molecule has 2 heterocycles. The number of hydrogen-bond acceptors (Lipinski definition) is 1. The van der Waals surface area contributed by atoms with E-state index in [4.69, 9.17) is 0 Å². The van der Waals surface area contributed by atoms with Crippen LogP contribution in [0.15, 0.2) is 30.3 Å². The first kappa shape index (κ1) is 8.98. The van der Waals surface area contributed by atoms with Crippen LogP contribution in [0.2, 0.25) is 0 Å². The first-order valence-electron chi connectivity index (χ1n) is 5.58. The van der Waals surface area contributed by atoms with Crippen LogP contribution in [0.1, 0.15) is 5.69 Å². The zero-order chi connectivity index (χ0) is 10.3. The Morgan fingerprint density at radius 3 is 2.80 bits per heavy atom. The van der Waals surface area contributed by atoms with Gasteiger partial charge in [0.05, 0.1) is 0 Å². The van der Waals surface area contributed by atoms with E-state index in [-0.39, 0.29) is 0 Å². The summed E-state index contributed by atoms with van der Waals surface area (Å²) in [6.07, 6.45) is 1.21. The monoisotopic (exact) mass is 200 g/mol. The molecule has 0 saturated carbocycles. The van der Waals surface area contributed by atoms with Gasteiger partial charge in [-0.3, -0.25) is 0 Å². The molecule has 0 aliphatic carbocycles. The maximum atomic E-state index is 3.33. The summed E-state index contributed by atoms with van der Waals surface area (Å²) in [7, 11) is 2.17. The summed E-state index contributed by atoms with van der Waals surface area (Å²) >= 11 is 0. The number of para-hydroxylation sites is 1. The van der Waals surface area contributed by atoms with Crippen molar-refractivity contribution in [3.63, 3.8) is 0 Å². The van der Waals surface area contributed by atoms with Gasteiger partial charge in [0.1, 0.15) is 0 Å². The lowest BCUT2D eigenvalue weighted by Gasteiger charge is -2.27. The average Bonchev–Trinajstić information content (AvgIpc) is 2.51. The first-order chi connectivity index (χ1) is 7.34. The summed E-state index contributed by atoms with van der Waals surface area (Å²) in [5.74, 6) is 0.841. The van der Waals surface area contributed by atoms with Gasteiger partial charge in [-0.2, -0.15) is 0 Å². The topological polar surface area (TPSA) is 17.0 Å². The minimum Gasteiger partial charge on any atom is -0.348 e. The highest BCUT2D eigenvalue weighted by molar-refractivity contribution is 5.81. The van der Waals surface area contributed by atoms with Crippen LogP contribution < -0.4 is 5.32 Å². The Hall–Kier alpha value is -1.28. The molecule has 1 N–H and O–H groups in total. The molecule has 2 heteroatoms. The maximum Gasteiger partial charge on any atom is 0.0479 e. The molecule has 1 aliphatic heterocycles. The fraction of sp³-hybridized carbons (Fsp3) is 0.385. The number of nitrogens with one attached hydrogen (secondary N) is 1. The van der Waals surface area contributed by atoms with Crippen LogP contribution in [-0.4, -0.2) is 17.7 Å². The molecule has 1 aromatic carbocycles. The van der Waals surface area contributed by atoms with Crippen molar-refractivity contribution in [2.24, 2.45) is 13.0 Å². The summed E-state index contributed by atoms with van der Waals surface area (Å²) in [5.41, 5.74) is 2.81. The number of benzene rings is 1. The Labute approximate surface area is 89.9 Å². The fourth-order valence-electron chi connectivity index (χ4n) is 2.33. The van der Waals surface area contributed by atoms with Crippen molar-refractivity contribution in [1.82, 2.24) is 9.88 Å². The molecular weight excluding hydrogens is 184 g/mol. The molecule has 15 heavy (non-hydrogen) atoms. The third-order valence-corrected chi connectivity index (χ3v) is 3.41. The van der Waals surface area contributed by atoms with Gasteiger partial charge in [-0.1, -0.05) is 18.2 Å². The highest BCUT2D eigenvalue weighted by Gasteiger charge is 2.18. The summed E-state index contributed by atoms with van der Waals surface area (Å²) in [6, 6.07) is 10.9. The van der Waals surface area contributed by atoms with Crippen molar-refractivity contribution in [2.75, 3.05) is 13.1 Å². The fourth-order valence-corrected chi connectivity index (χ4v) is 2.33. The van der Waals surface area contributed by atoms with Gasteiger partial charge in [0.2, 0.25) is 0 Å². The van der Waals surface area contributed by atoms with Gasteiger partial charge in [-0.25, -0.2) is 0 Å². The van der Waals surface area contributed by atoms with E-state index < -0.39 is 0 Å². The normalized spacial score (nSPS) is 16.9. The summed E-state index contributed by atoms with van der Waals surface area (Å²) in [5, 5.41) is 4.69. The van der Waals surface area contributed by atoms with Crippen LogP contribution in [-0.2, 0) is 13.5 Å². The Bertz CT molecular complexity index is 480. The van der Waals surface area contributed by atoms with Gasteiger partial charge in [0.15, 0.2) is 0 Å². The molecule has 78 valence electrons. The Kier molecular flexibility index (Phi) is 2.03. The molecule has 0 atom stereocenters. The van der Waals surface area contributed by atoms with Crippen molar-refractivity contribution in [3.05, 3.63) is 36.0 Å².